The summed E-state index contributed by atoms with van der Waals surface area (Å²) >= 11 is 0. The number of ether oxygens (including phenoxy) is 1. The number of methoxy groups -OCH3 is 1. The standard InChI is InChI=1S/C13H21NO3/c1-9-4-5-13(17-3)12(6-9)10(2)14-11(7-15)8-16/h4-6,10-11,14-16H,7-8H2,1-3H3. The lowest BCUT2D eigenvalue weighted by Gasteiger charge is -2.22. The van der Waals surface area contributed by atoms with Crippen LogP contribution >= 0.6 is 0 Å². The van der Waals surface area contributed by atoms with Crippen molar-refractivity contribution in [2.45, 2.75) is 25.9 Å². The molecular formula is C13H21NO3. The number of hydrogen-bond acceptors (Lipinski definition) is 4. The minimum Gasteiger partial charge on any atom is -0.496 e. The van der Waals surface area contributed by atoms with Gasteiger partial charge in [0.2, 0.25) is 0 Å². The molecule has 96 valence electrons. The van der Waals surface area contributed by atoms with Crippen molar-refractivity contribution in [1.82, 2.24) is 5.32 Å². The maximum absolute atomic E-state index is 9.05. The van der Waals surface area contributed by atoms with Gasteiger partial charge in [-0.2, -0.15) is 0 Å². The van der Waals surface area contributed by atoms with Gasteiger partial charge in [-0.15, -0.1) is 0 Å². The molecule has 1 rings (SSSR count). The zero-order chi connectivity index (χ0) is 12.8. The van der Waals surface area contributed by atoms with Crippen molar-refractivity contribution < 1.29 is 14.9 Å². The molecule has 0 spiro atoms. The highest BCUT2D eigenvalue weighted by Crippen LogP contribution is 2.26. The Hall–Kier alpha value is -1.10. The first-order valence-corrected chi connectivity index (χ1v) is 5.74. The van der Waals surface area contributed by atoms with Crippen LogP contribution in [0.15, 0.2) is 18.2 Å². The van der Waals surface area contributed by atoms with Crippen molar-refractivity contribution in [3.8, 4) is 5.75 Å². The Kier molecular flexibility index (Phi) is 5.41. The Bertz CT molecular complexity index is 351. The van der Waals surface area contributed by atoms with E-state index >= 15 is 0 Å². The molecule has 0 saturated carbocycles. The highest BCUT2D eigenvalue weighted by atomic mass is 16.5. The van der Waals surface area contributed by atoms with E-state index in [0.29, 0.717) is 0 Å². The summed E-state index contributed by atoms with van der Waals surface area (Å²) in [5.41, 5.74) is 2.18. The summed E-state index contributed by atoms with van der Waals surface area (Å²) in [6, 6.07) is 5.66. The summed E-state index contributed by atoms with van der Waals surface area (Å²) in [4.78, 5) is 0. The Labute approximate surface area is 102 Å². The number of aliphatic hydroxyl groups is 2. The molecule has 0 radical (unpaired) electrons. The highest BCUT2D eigenvalue weighted by Gasteiger charge is 2.15. The third kappa shape index (κ3) is 3.70. The topological polar surface area (TPSA) is 61.7 Å². The van der Waals surface area contributed by atoms with E-state index in [2.05, 4.69) is 5.32 Å². The molecule has 1 aromatic carbocycles. The van der Waals surface area contributed by atoms with Crippen molar-refractivity contribution in [1.29, 1.82) is 0 Å². The monoisotopic (exact) mass is 239 g/mol. The fraction of sp³-hybridized carbons (Fsp3) is 0.538. The Morgan fingerprint density at radius 2 is 1.94 bits per heavy atom. The third-order valence-electron chi connectivity index (χ3n) is 2.78. The van der Waals surface area contributed by atoms with E-state index in [1.165, 1.54) is 0 Å². The lowest BCUT2D eigenvalue weighted by atomic mass is 10.0. The zero-order valence-electron chi connectivity index (χ0n) is 10.6. The van der Waals surface area contributed by atoms with Gasteiger partial charge in [0.15, 0.2) is 0 Å². The van der Waals surface area contributed by atoms with E-state index in [-0.39, 0.29) is 25.3 Å². The van der Waals surface area contributed by atoms with Crippen LogP contribution in [0.3, 0.4) is 0 Å². The average molecular weight is 239 g/mol. The Morgan fingerprint density at radius 1 is 1.29 bits per heavy atom. The molecule has 0 fully saturated rings. The largest absolute Gasteiger partial charge is 0.496 e. The van der Waals surface area contributed by atoms with Crippen molar-refractivity contribution in [3.63, 3.8) is 0 Å². The van der Waals surface area contributed by atoms with Crippen molar-refractivity contribution in [2.75, 3.05) is 20.3 Å². The second kappa shape index (κ2) is 6.59. The van der Waals surface area contributed by atoms with Crippen LogP contribution in [0.2, 0.25) is 0 Å². The van der Waals surface area contributed by atoms with Gasteiger partial charge >= 0.3 is 0 Å². The first kappa shape index (κ1) is 14.0. The molecule has 0 heterocycles. The summed E-state index contributed by atoms with van der Waals surface area (Å²) in [6.07, 6.45) is 0. The van der Waals surface area contributed by atoms with Gasteiger partial charge in [0.05, 0.1) is 26.4 Å². The van der Waals surface area contributed by atoms with Gasteiger partial charge in [-0.05, 0) is 19.9 Å². The molecule has 0 aliphatic carbocycles. The Morgan fingerprint density at radius 3 is 2.47 bits per heavy atom. The van der Waals surface area contributed by atoms with Crippen LogP contribution < -0.4 is 10.1 Å². The van der Waals surface area contributed by atoms with Crippen LogP contribution in [0, 0.1) is 6.92 Å². The van der Waals surface area contributed by atoms with Gasteiger partial charge in [0.1, 0.15) is 5.75 Å². The molecule has 0 saturated heterocycles. The normalized spacial score (nSPS) is 12.8. The maximum atomic E-state index is 9.05. The number of hydrogen-bond donors (Lipinski definition) is 3. The lowest BCUT2D eigenvalue weighted by Crippen LogP contribution is -2.37. The van der Waals surface area contributed by atoms with E-state index in [4.69, 9.17) is 14.9 Å². The molecule has 0 aliphatic rings. The van der Waals surface area contributed by atoms with Crippen LogP contribution in [-0.2, 0) is 0 Å². The van der Waals surface area contributed by atoms with E-state index in [1.807, 2.05) is 32.0 Å². The van der Waals surface area contributed by atoms with Gasteiger partial charge in [-0.3, -0.25) is 0 Å². The molecule has 1 unspecified atom stereocenters. The number of rotatable bonds is 6. The second-order valence-corrected chi connectivity index (χ2v) is 4.20. The van der Waals surface area contributed by atoms with Gasteiger partial charge in [-0.25, -0.2) is 0 Å². The van der Waals surface area contributed by atoms with Gasteiger partial charge in [0.25, 0.3) is 0 Å². The number of aryl methyl sites for hydroxylation is 1. The smallest absolute Gasteiger partial charge is 0.123 e. The molecule has 0 aromatic heterocycles. The third-order valence-corrected chi connectivity index (χ3v) is 2.78. The number of nitrogens with one attached hydrogen (secondary N) is 1. The van der Waals surface area contributed by atoms with Gasteiger partial charge in [0, 0.05) is 11.6 Å². The van der Waals surface area contributed by atoms with Crippen LogP contribution in [0.1, 0.15) is 24.1 Å². The zero-order valence-corrected chi connectivity index (χ0v) is 10.6. The molecule has 1 aromatic rings. The van der Waals surface area contributed by atoms with Gasteiger partial charge in [-0.1, -0.05) is 17.7 Å². The molecule has 4 heteroatoms. The van der Waals surface area contributed by atoms with Crippen molar-refractivity contribution in [2.24, 2.45) is 0 Å². The molecule has 0 bridgehead atoms. The summed E-state index contributed by atoms with van der Waals surface area (Å²) in [5.74, 6) is 0.810. The van der Waals surface area contributed by atoms with E-state index in [0.717, 1.165) is 16.9 Å². The molecule has 0 aliphatic heterocycles. The molecule has 17 heavy (non-hydrogen) atoms. The van der Waals surface area contributed by atoms with Gasteiger partial charge < -0.3 is 20.3 Å². The fourth-order valence-corrected chi connectivity index (χ4v) is 1.80. The predicted octanol–water partition coefficient (Wildman–Crippen LogP) is 1.01. The SMILES string of the molecule is COc1ccc(C)cc1C(C)NC(CO)CO. The first-order valence-electron chi connectivity index (χ1n) is 5.74. The van der Waals surface area contributed by atoms with E-state index < -0.39 is 0 Å². The maximum Gasteiger partial charge on any atom is 0.123 e. The average Bonchev–Trinajstić information content (AvgIpc) is 2.35. The Balaban J connectivity index is 2.86. The molecular weight excluding hydrogens is 218 g/mol. The number of aliphatic hydroxyl groups excluding tert-OH is 2. The second-order valence-electron chi connectivity index (χ2n) is 4.20. The van der Waals surface area contributed by atoms with Crippen molar-refractivity contribution >= 4 is 0 Å². The van der Waals surface area contributed by atoms with Crippen LogP contribution in [-0.4, -0.2) is 36.6 Å². The quantitative estimate of drug-likeness (QED) is 0.693. The van der Waals surface area contributed by atoms with Crippen molar-refractivity contribution in [3.05, 3.63) is 29.3 Å². The predicted molar refractivity (Wildman–Crippen MR) is 67.2 cm³/mol. The molecule has 0 amide bonds. The first-order chi connectivity index (χ1) is 8.12. The summed E-state index contributed by atoms with van der Waals surface area (Å²) in [6.45, 7) is 3.82. The van der Waals surface area contributed by atoms with E-state index in [1.54, 1.807) is 7.11 Å². The number of benzene rings is 1. The van der Waals surface area contributed by atoms with Crippen LogP contribution in [0.4, 0.5) is 0 Å². The summed E-state index contributed by atoms with van der Waals surface area (Å²) in [7, 11) is 1.64. The van der Waals surface area contributed by atoms with Crippen LogP contribution in [0.25, 0.3) is 0 Å². The summed E-state index contributed by atoms with van der Waals surface area (Å²) < 4.78 is 5.31. The fourth-order valence-electron chi connectivity index (χ4n) is 1.80. The molecule has 1 atom stereocenters. The molecule has 4 nitrogen and oxygen atoms in total. The molecule has 3 N–H and O–H groups in total. The minimum atomic E-state index is -0.310. The minimum absolute atomic E-state index is 0.00847. The summed E-state index contributed by atoms with van der Waals surface area (Å²) in [5, 5.41) is 21.3. The van der Waals surface area contributed by atoms with E-state index in [9.17, 15) is 0 Å². The highest BCUT2D eigenvalue weighted by molar-refractivity contribution is 5.38. The van der Waals surface area contributed by atoms with Crippen LogP contribution in [0.5, 0.6) is 5.75 Å². The lowest BCUT2D eigenvalue weighted by molar-refractivity contribution is 0.163.